The molecule has 0 saturated carbocycles. The number of nitrogens with zero attached hydrogens (tertiary/aromatic N) is 1. The summed E-state index contributed by atoms with van der Waals surface area (Å²) in [5, 5.41) is 3.25. The van der Waals surface area contributed by atoms with Gasteiger partial charge in [-0.15, -0.1) is 0 Å². The molecule has 0 atom stereocenters. The second kappa shape index (κ2) is 3.87. The van der Waals surface area contributed by atoms with E-state index >= 15 is 0 Å². The quantitative estimate of drug-likeness (QED) is 0.512. The molecule has 2 nitrogen and oxygen atoms in total. The van der Waals surface area contributed by atoms with Gasteiger partial charge in [-0.2, -0.15) is 0 Å². The summed E-state index contributed by atoms with van der Waals surface area (Å²) in [5.41, 5.74) is 0.548. The summed E-state index contributed by atoms with van der Waals surface area (Å²) in [5.74, 6) is 0. The molecular formula is C10H21ClN2. The molecule has 13 heavy (non-hydrogen) atoms. The molecule has 1 heterocycles. The van der Waals surface area contributed by atoms with Gasteiger partial charge < -0.3 is 12.4 Å². The van der Waals surface area contributed by atoms with Crippen LogP contribution >= 0.6 is 0 Å². The zero-order valence-corrected chi connectivity index (χ0v) is 10.1. The first-order valence-corrected chi connectivity index (χ1v) is 4.69. The maximum absolute atomic E-state index is 3.25. The average molecular weight is 205 g/mol. The van der Waals surface area contributed by atoms with Crippen LogP contribution in [-0.2, 0) is 0 Å². The van der Waals surface area contributed by atoms with E-state index in [1.54, 1.807) is 0 Å². The third-order valence-corrected chi connectivity index (χ3v) is 3.30. The summed E-state index contributed by atoms with van der Waals surface area (Å²) >= 11 is 0. The lowest BCUT2D eigenvalue weighted by molar-refractivity contribution is -0.606. The van der Waals surface area contributed by atoms with Crippen LogP contribution in [0.1, 0.15) is 34.6 Å². The van der Waals surface area contributed by atoms with Gasteiger partial charge in [-0.25, -0.2) is 0 Å². The highest BCUT2D eigenvalue weighted by Gasteiger charge is 2.40. The average Bonchev–Trinajstić information content (AvgIpc) is 2.34. The Kier molecular flexibility index (Phi) is 3.80. The fourth-order valence-corrected chi connectivity index (χ4v) is 1.30. The molecule has 0 aromatic heterocycles. The predicted molar refractivity (Wildman–Crippen MR) is 52.7 cm³/mol. The van der Waals surface area contributed by atoms with E-state index in [4.69, 9.17) is 0 Å². The molecule has 3 heteroatoms. The lowest BCUT2D eigenvalue weighted by Gasteiger charge is -2.37. The number of hydrogen-bond acceptors (Lipinski definition) is 1. The van der Waals surface area contributed by atoms with E-state index in [-0.39, 0.29) is 17.9 Å². The van der Waals surface area contributed by atoms with E-state index in [1.807, 2.05) is 0 Å². The van der Waals surface area contributed by atoms with Crippen LogP contribution in [-0.4, -0.2) is 29.5 Å². The summed E-state index contributed by atoms with van der Waals surface area (Å²) in [7, 11) is 0. The normalized spacial score (nSPS) is 17.5. The zero-order chi connectivity index (χ0) is 9.41. The van der Waals surface area contributed by atoms with Crippen LogP contribution < -0.4 is 17.7 Å². The molecule has 1 N–H and O–H groups in total. The molecule has 0 bridgehead atoms. The van der Waals surface area contributed by atoms with E-state index in [1.165, 1.54) is 0 Å². The highest BCUT2D eigenvalue weighted by atomic mass is 35.5. The highest BCUT2D eigenvalue weighted by molar-refractivity contribution is 5.49. The van der Waals surface area contributed by atoms with Gasteiger partial charge in [0.2, 0.25) is 6.34 Å². The smallest absolute Gasteiger partial charge is 0.232 e. The van der Waals surface area contributed by atoms with Gasteiger partial charge in [-0.3, -0.25) is 9.89 Å². The molecular weight excluding hydrogens is 184 g/mol. The first-order chi connectivity index (χ1) is 5.36. The standard InChI is InChI=1S/C10H20N2.ClH/c1-9(2,3)10(4,5)12-7-6-11-8-12;/h8H,6-7H2,1-5H3;1H. The summed E-state index contributed by atoms with van der Waals surface area (Å²) in [6.45, 7) is 13.7. The van der Waals surface area contributed by atoms with Gasteiger partial charge >= 0.3 is 0 Å². The SMILES string of the molecule is CC(C)(C)C(C)(C)[N+]1=CNCC1.[Cl-]. The van der Waals surface area contributed by atoms with Crippen LogP contribution in [0.5, 0.6) is 0 Å². The fourth-order valence-electron chi connectivity index (χ4n) is 1.30. The summed E-state index contributed by atoms with van der Waals surface area (Å²) in [6, 6.07) is 0. The van der Waals surface area contributed by atoms with Crippen molar-refractivity contribution in [1.29, 1.82) is 0 Å². The fraction of sp³-hybridized carbons (Fsp3) is 0.900. The third-order valence-electron chi connectivity index (χ3n) is 3.30. The number of rotatable bonds is 1. The van der Waals surface area contributed by atoms with Crippen LogP contribution in [0.3, 0.4) is 0 Å². The Morgan fingerprint density at radius 2 is 1.69 bits per heavy atom. The van der Waals surface area contributed by atoms with Gasteiger partial charge in [-0.05, 0) is 13.8 Å². The Bertz CT molecular complexity index is 201. The molecule has 1 rings (SSSR count). The first kappa shape index (κ1) is 12.8. The second-order valence-electron chi connectivity index (χ2n) is 5.09. The monoisotopic (exact) mass is 204 g/mol. The van der Waals surface area contributed by atoms with Crippen LogP contribution in [0.15, 0.2) is 0 Å². The Balaban J connectivity index is 0.00000144. The van der Waals surface area contributed by atoms with Crippen molar-refractivity contribution in [2.45, 2.75) is 40.2 Å². The minimum Gasteiger partial charge on any atom is -1.00 e. The summed E-state index contributed by atoms with van der Waals surface area (Å²) in [6.07, 6.45) is 2.12. The molecule has 0 aliphatic carbocycles. The zero-order valence-electron chi connectivity index (χ0n) is 9.32. The van der Waals surface area contributed by atoms with E-state index in [2.05, 4.69) is 50.8 Å². The van der Waals surface area contributed by atoms with E-state index in [0.717, 1.165) is 13.1 Å². The molecule has 0 unspecified atom stereocenters. The summed E-state index contributed by atoms with van der Waals surface area (Å²) in [4.78, 5) is 0. The van der Waals surface area contributed by atoms with Gasteiger partial charge in [0.05, 0.1) is 0 Å². The number of halogens is 1. The van der Waals surface area contributed by atoms with E-state index < -0.39 is 0 Å². The maximum Gasteiger partial charge on any atom is 0.232 e. The molecule has 78 valence electrons. The molecule has 0 saturated heterocycles. The Morgan fingerprint density at radius 1 is 1.15 bits per heavy atom. The Morgan fingerprint density at radius 3 is 2.00 bits per heavy atom. The van der Waals surface area contributed by atoms with Crippen molar-refractivity contribution in [2.75, 3.05) is 13.1 Å². The van der Waals surface area contributed by atoms with Gasteiger partial charge in [0.25, 0.3) is 0 Å². The van der Waals surface area contributed by atoms with E-state index in [9.17, 15) is 0 Å². The third kappa shape index (κ3) is 2.37. The van der Waals surface area contributed by atoms with Crippen LogP contribution in [0.25, 0.3) is 0 Å². The molecule has 1 aliphatic heterocycles. The van der Waals surface area contributed by atoms with Crippen molar-refractivity contribution in [3.63, 3.8) is 0 Å². The number of nitrogens with one attached hydrogen (secondary N) is 1. The molecule has 0 aromatic carbocycles. The van der Waals surface area contributed by atoms with Gasteiger partial charge in [0.15, 0.2) is 0 Å². The minimum absolute atomic E-state index is 0. The molecule has 0 fully saturated rings. The van der Waals surface area contributed by atoms with Crippen molar-refractivity contribution in [3.8, 4) is 0 Å². The molecule has 0 spiro atoms. The lowest BCUT2D eigenvalue weighted by atomic mass is 9.76. The largest absolute Gasteiger partial charge is 1.00 e. The van der Waals surface area contributed by atoms with Gasteiger partial charge in [0.1, 0.15) is 18.6 Å². The summed E-state index contributed by atoms with van der Waals surface area (Å²) < 4.78 is 2.40. The first-order valence-electron chi connectivity index (χ1n) is 4.69. The Labute approximate surface area is 87.8 Å². The van der Waals surface area contributed by atoms with Crippen LogP contribution in [0.2, 0.25) is 0 Å². The van der Waals surface area contributed by atoms with Crippen LogP contribution in [0, 0.1) is 5.41 Å². The lowest BCUT2D eigenvalue weighted by Crippen LogP contribution is -3.00. The minimum atomic E-state index is 0. The van der Waals surface area contributed by atoms with Crippen molar-refractivity contribution in [3.05, 3.63) is 0 Å². The second-order valence-corrected chi connectivity index (χ2v) is 5.09. The van der Waals surface area contributed by atoms with Crippen molar-refractivity contribution >= 4 is 6.34 Å². The molecule has 1 aliphatic rings. The Hall–Kier alpha value is -0.240. The molecule has 0 radical (unpaired) electrons. The number of hydrogen-bond donors (Lipinski definition) is 1. The predicted octanol–water partition coefficient (Wildman–Crippen LogP) is -1.54. The van der Waals surface area contributed by atoms with Crippen molar-refractivity contribution < 1.29 is 17.0 Å². The van der Waals surface area contributed by atoms with Crippen LogP contribution in [0.4, 0.5) is 0 Å². The van der Waals surface area contributed by atoms with Gasteiger partial charge in [0, 0.05) is 5.41 Å². The van der Waals surface area contributed by atoms with Crippen molar-refractivity contribution in [2.24, 2.45) is 5.41 Å². The maximum atomic E-state index is 3.25. The van der Waals surface area contributed by atoms with Gasteiger partial charge in [-0.1, -0.05) is 20.8 Å². The van der Waals surface area contributed by atoms with Crippen molar-refractivity contribution in [1.82, 2.24) is 5.32 Å². The highest BCUT2D eigenvalue weighted by Crippen LogP contribution is 2.32. The van der Waals surface area contributed by atoms with E-state index in [0.29, 0.717) is 5.41 Å². The molecule has 0 amide bonds. The molecule has 0 aromatic rings. The topological polar surface area (TPSA) is 15.0 Å².